The van der Waals surface area contributed by atoms with Crippen LogP contribution in [0.25, 0.3) is 0 Å². The van der Waals surface area contributed by atoms with E-state index < -0.39 is 0 Å². The van der Waals surface area contributed by atoms with Gasteiger partial charge in [-0.1, -0.05) is 42.5 Å². The van der Waals surface area contributed by atoms with Crippen molar-refractivity contribution >= 4 is 0 Å². The summed E-state index contributed by atoms with van der Waals surface area (Å²) in [6.45, 7) is 2.16. The van der Waals surface area contributed by atoms with Gasteiger partial charge in [0.1, 0.15) is 5.75 Å². The largest absolute Gasteiger partial charge is 0.497 e. The van der Waals surface area contributed by atoms with Crippen LogP contribution in [0.15, 0.2) is 54.6 Å². The topological polar surface area (TPSA) is 41.5 Å². The van der Waals surface area contributed by atoms with Crippen molar-refractivity contribution in [1.82, 2.24) is 5.32 Å². The SMILES string of the molecule is COc1ccc([C@@H](C)N[C@@H](CO)c2ccccc2)cc1. The lowest BCUT2D eigenvalue weighted by Crippen LogP contribution is -2.27. The number of aliphatic hydroxyl groups is 1. The highest BCUT2D eigenvalue weighted by molar-refractivity contribution is 5.29. The standard InChI is InChI=1S/C17H21NO2/c1-13(14-8-10-16(20-2)11-9-14)18-17(12-19)15-6-4-3-5-7-15/h3-11,13,17-19H,12H2,1-2H3/t13-,17+/m1/s1. The van der Waals surface area contributed by atoms with E-state index in [1.807, 2.05) is 54.6 Å². The molecule has 2 N–H and O–H groups in total. The Kier molecular flexibility index (Phi) is 5.16. The lowest BCUT2D eigenvalue weighted by Gasteiger charge is -2.22. The maximum atomic E-state index is 9.57. The van der Waals surface area contributed by atoms with Crippen LogP contribution in [0.5, 0.6) is 5.75 Å². The van der Waals surface area contributed by atoms with Gasteiger partial charge in [-0.2, -0.15) is 0 Å². The van der Waals surface area contributed by atoms with Crippen LogP contribution < -0.4 is 10.1 Å². The lowest BCUT2D eigenvalue weighted by molar-refractivity contribution is 0.235. The molecule has 20 heavy (non-hydrogen) atoms. The summed E-state index contributed by atoms with van der Waals surface area (Å²) in [5, 5.41) is 13.0. The Morgan fingerprint density at radius 3 is 2.20 bits per heavy atom. The minimum absolute atomic E-state index is 0.0618. The van der Waals surface area contributed by atoms with Gasteiger partial charge in [0, 0.05) is 6.04 Å². The van der Waals surface area contributed by atoms with E-state index in [0.29, 0.717) is 0 Å². The zero-order chi connectivity index (χ0) is 14.4. The van der Waals surface area contributed by atoms with Crippen molar-refractivity contribution in [2.75, 3.05) is 13.7 Å². The van der Waals surface area contributed by atoms with E-state index >= 15 is 0 Å². The molecular weight excluding hydrogens is 250 g/mol. The van der Waals surface area contributed by atoms with Crippen LogP contribution >= 0.6 is 0 Å². The summed E-state index contributed by atoms with van der Waals surface area (Å²) < 4.78 is 5.16. The molecule has 0 aliphatic carbocycles. The molecule has 0 bridgehead atoms. The van der Waals surface area contributed by atoms with Gasteiger partial charge < -0.3 is 15.2 Å². The Balaban J connectivity index is 2.06. The monoisotopic (exact) mass is 271 g/mol. The molecule has 2 atom stereocenters. The van der Waals surface area contributed by atoms with E-state index in [9.17, 15) is 5.11 Å². The molecule has 0 heterocycles. The van der Waals surface area contributed by atoms with E-state index in [-0.39, 0.29) is 18.7 Å². The van der Waals surface area contributed by atoms with Crippen LogP contribution in [-0.2, 0) is 0 Å². The van der Waals surface area contributed by atoms with Crippen molar-refractivity contribution in [3.8, 4) is 5.75 Å². The molecule has 106 valence electrons. The maximum Gasteiger partial charge on any atom is 0.118 e. The molecule has 0 amide bonds. The summed E-state index contributed by atoms with van der Waals surface area (Å²) in [4.78, 5) is 0. The van der Waals surface area contributed by atoms with Crippen LogP contribution in [0, 0.1) is 0 Å². The Hall–Kier alpha value is -1.84. The number of benzene rings is 2. The average molecular weight is 271 g/mol. The zero-order valence-electron chi connectivity index (χ0n) is 11.9. The molecular formula is C17H21NO2. The van der Waals surface area contributed by atoms with E-state index in [1.54, 1.807) is 7.11 Å². The number of ether oxygens (including phenoxy) is 1. The first kappa shape index (κ1) is 14.6. The van der Waals surface area contributed by atoms with Gasteiger partial charge in [0.05, 0.1) is 19.8 Å². The third kappa shape index (κ3) is 3.59. The van der Waals surface area contributed by atoms with Crippen LogP contribution in [0.3, 0.4) is 0 Å². The van der Waals surface area contributed by atoms with Gasteiger partial charge in [-0.15, -0.1) is 0 Å². The van der Waals surface area contributed by atoms with Crippen LogP contribution in [-0.4, -0.2) is 18.8 Å². The minimum Gasteiger partial charge on any atom is -0.497 e. The highest BCUT2D eigenvalue weighted by Gasteiger charge is 2.14. The van der Waals surface area contributed by atoms with E-state index in [1.165, 1.54) is 5.56 Å². The molecule has 0 aromatic heterocycles. The molecule has 0 aliphatic rings. The lowest BCUT2D eigenvalue weighted by atomic mass is 10.0. The second-order valence-corrected chi connectivity index (χ2v) is 4.81. The van der Waals surface area contributed by atoms with Gasteiger partial charge in [0.25, 0.3) is 0 Å². The quantitative estimate of drug-likeness (QED) is 0.848. The van der Waals surface area contributed by atoms with Gasteiger partial charge in [-0.05, 0) is 30.2 Å². The Morgan fingerprint density at radius 1 is 1.00 bits per heavy atom. The van der Waals surface area contributed by atoms with Gasteiger partial charge >= 0.3 is 0 Å². The van der Waals surface area contributed by atoms with Crippen molar-refractivity contribution in [2.45, 2.75) is 19.0 Å². The Labute approximate surface area is 120 Å². The molecule has 0 saturated carbocycles. The Morgan fingerprint density at radius 2 is 1.65 bits per heavy atom. The van der Waals surface area contributed by atoms with Crippen molar-refractivity contribution < 1.29 is 9.84 Å². The molecule has 0 fully saturated rings. The predicted octanol–water partition coefficient (Wildman–Crippen LogP) is 3.08. The molecule has 0 radical (unpaired) electrons. The third-order valence-electron chi connectivity index (χ3n) is 3.45. The highest BCUT2D eigenvalue weighted by Crippen LogP contribution is 2.21. The van der Waals surface area contributed by atoms with Crippen LogP contribution in [0.2, 0.25) is 0 Å². The summed E-state index contributed by atoms with van der Waals surface area (Å²) in [6, 6.07) is 18.1. The van der Waals surface area contributed by atoms with Gasteiger partial charge in [-0.3, -0.25) is 0 Å². The fourth-order valence-corrected chi connectivity index (χ4v) is 2.23. The smallest absolute Gasteiger partial charge is 0.118 e. The number of hydrogen-bond acceptors (Lipinski definition) is 3. The van der Waals surface area contributed by atoms with E-state index in [2.05, 4.69) is 12.2 Å². The summed E-state index contributed by atoms with van der Waals surface area (Å²) in [5.74, 6) is 0.850. The molecule has 0 aliphatic heterocycles. The van der Waals surface area contributed by atoms with Gasteiger partial charge in [0.15, 0.2) is 0 Å². The molecule has 3 nitrogen and oxygen atoms in total. The summed E-state index contributed by atoms with van der Waals surface area (Å²) in [5.41, 5.74) is 2.26. The maximum absolute atomic E-state index is 9.57. The van der Waals surface area contributed by atoms with Gasteiger partial charge in [0.2, 0.25) is 0 Å². The molecule has 2 aromatic rings. The summed E-state index contributed by atoms with van der Waals surface area (Å²) >= 11 is 0. The molecule has 0 unspecified atom stereocenters. The van der Waals surface area contributed by atoms with Crippen LogP contribution in [0.4, 0.5) is 0 Å². The number of nitrogens with one attached hydrogen (secondary N) is 1. The molecule has 0 saturated heterocycles. The fourth-order valence-electron chi connectivity index (χ4n) is 2.23. The molecule has 2 rings (SSSR count). The Bertz CT molecular complexity index is 510. The van der Waals surface area contributed by atoms with Gasteiger partial charge in [-0.25, -0.2) is 0 Å². The highest BCUT2D eigenvalue weighted by atomic mass is 16.5. The second-order valence-electron chi connectivity index (χ2n) is 4.81. The molecule has 0 spiro atoms. The van der Waals surface area contributed by atoms with E-state index in [0.717, 1.165) is 11.3 Å². The van der Waals surface area contributed by atoms with E-state index in [4.69, 9.17) is 4.74 Å². The minimum atomic E-state index is -0.0618. The average Bonchev–Trinajstić information content (AvgIpc) is 2.53. The predicted molar refractivity (Wildman–Crippen MR) is 80.8 cm³/mol. The number of aliphatic hydroxyl groups excluding tert-OH is 1. The number of hydrogen-bond donors (Lipinski definition) is 2. The normalized spacial score (nSPS) is 13.8. The van der Waals surface area contributed by atoms with Crippen molar-refractivity contribution in [3.05, 3.63) is 65.7 Å². The second kappa shape index (κ2) is 7.08. The first-order chi connectivity index (χ1) is 9.74. The van der Waals surface area contributed by atoms with Crippen LogP contribution in [0.1, 0.15) is 30.1 Å². The van der Waals surface area contributed by atoms with Crippen molar-refractivity contribution in [1.29, 1.82) is 0 Å². The van der Waals surface area contributed by atoms with Crippen molar-refractivity contribution in [3.63, 3.8) is 0 Å². The molecule has 3 heteroatoms. The molecule has 2 aromatic carbocycles. The summed E-state index contributed by atoms with van der Waals surface area (Å²) in [7, 11) is 1.66. The number of rotatable bonds is 6. The third-order valence-corrected chi connectivity index (χ3v) is 3.45. The van der Waals surface area contributed by atoms with Crippen molar-refractivity contribution in [2.24, 2.45) is 0 Å². The first-order valence-corrected chi connectivity index (χ1v) is 6.80. The zero-order valence-corrected chi connectivity index (χ0v) is 11.9. The number of methoxy groups -OCH3 is 1. The fraction of sp³-hybridized carbons (Fsp3) is 0.294. The summed E-state index contributed by atoms with van der Waals surface area (Å²) in [6.07, 6.45) is 0. The first-order valence-electron chi connectivity index (χ1n) is 6.80.